The SMILES string of the molecule is CC(NC(=O)C1CSC2(C)CCC(=O)N12)c1cc2c(cc1Br)OCCO2. The zero-order valence-electron chi connectivity index (χ0n) is 14.7. The molecule has 1 N–H and O–H groups in total. The van der Waals surface area contributed by atoms with Crippen molar-refractivity contribution >= 4 is 39.5 Å². The number of hydrogen-bond donors (Lipinski definition) is 1. The molecule has 0 spiro atoms. The van der Waals surface area contributed by atoms with Crippen molar-refractivity contribution in [2.45, 2.75) is 43.6 Å². The van der Waals surface area contributed by atoms with Gasteiger partial charge in [-0.2, -0.15) is 0 Å². The van der Waals surface area contributed by atoms with Crippen LogP contribution in [-0.2, 0) is 9.59 Å². The minimum atomic E-state index is -0.404. The van der Waals surface area contributed by atoms with Crippen LogP contribution in [0.3, 0.4) is 0 Å². The van der Waals surface area contributed by atoms with E-state index >= 15 is 0 Å². The minimum Gasteiger partial charge on any atom is -0.486 e. The van der Waals surface area contributed by atoms with E-state index in [9.17, 15) is 9.59 Å². The minimum absolute atomic E-state index is 0.0748. The highest BCUT2D eigenvalue weighted by Crippen LogP contribution is 2.47. The second-order valence-electron chi connectivity index (χ2n) is 7.01. The first kappa shape index (κ1) is 18.0. The summed E-state index contributed by atoms with van der Waals surface area (Å²) in [4.78, 5) is 26.7. The molecule has 3 atom stereocenters. The number of halogens is 1. The summed E-state index contributed by atoms with van der Waals surface area (Å²) in [5.74, 6) is 2.00. The van der Waals surface area contributed by atoms with Crippen LogP contribution in [-0.4, -0.2) is 46.6 Å². The van der Waals surface area contributed by atoms with E-state index in [1.54, 1.807) is 16.7 Å². The fourth-order valence-electron chi connectivity index (χ4n) is 3.81. The molecule has 3 aliphatic rings. The molecule has 6 nitrogen and oxygen atoms in total. The van der Waals surface area contributed by atoms with Gasteiger partial charge in [-0.05, 0) is 38.0 Å². The van der Waals surface area contributed by atoms with Crippen LogP contribution >= 0.6 is 27.7 Å². The number of carbonyl (C=O) groups excluding carboxylic acids is 2. The number of hydrogen-bond acceptors (Lipinski definition) is 5. The molecule has 0 saturated carbocycles. The molecule has 2 amide bonds. The third-order valence-electron chi connectivity index (χ3n) is 5.23. The molecule has 0 bridgehead atoms. The number of nitrogens with zero attached hydrogens (tertiary/aromatic N) is 1. The Morgan fingerprint density at radius 3 is 2.81 bits per heavy atom. The van der Waals surface area contributed by atoms with Gasteiger partial charge < -0.3 is 19.7 Å². The smallest absolute Gasteiger partial charge is 0.244 e. The summed E-state index contributed by atoms with van der Waals surface area (Å²) in [5, 5.41) is 3.06. The van der Waals surface area contributed by atoms with Gasteiger partial charge in [0, 0.05) is 16.6 Å². The van der Waals surface area contributed by atoms with Gasteiger partial charge in [0.05, 0.1) is 10.9 Å². The lowest BCUT2D eigenvalue weighted by Crippen LogP contribution is -2.50. The number of thioether (sulfide) groups is 1. The Kier molecular flexibility index (Phi) is 4.59. The number of benzene rings is 1. The van der Waals surface area contributed by atoms with Gasteiger partial charge >= 0.3 is 0 Å². The summed E-state index contributed by atoms with van der Waals surface area (Å²) in [5.41, 5.74) is 0.920. The molecule has 0 aromatic heterocycles. The molecule has 3 heterocycles. The van der Waals surface area contributed by atoms with Crippen LogP contribution in [0.1, 0.15) is 38.3 Å². The van der Waals surface area contributed by atoms with Gasteiger partial charge in [-0.3, -0.25) is 9.59 Å². The highest BCUT2D eigenvalue weighted by molar-refractivity contribution is 9.10. The van der Waals surface area contributed by atoms with Crippen molar-refractivity contribution in [2.75, 3.05) is 19.0 Å². The molecule has 1 aromatic carbocycles. The molecule has 8 heteroatoms. The van der Waals surface area contributed by atoms with Crippen molar-refractivity contribution in [3.8, 4) is 11.5 Å². The molecule has 2 fully saturated rings. The predicted octanol–water partition coefficient (Wildman–Crippen LogP) is 2.85. The van der Waals surface area contributed by atoms with Crippen LogP contribution in [0.4, 0.5) is 0 Å². The molecule has 1 aromatic rings. The lowest BCUT2D eigenvalue weighted by Gasteiger charge is -2.30. The van der Waals surface area contributed by atoms with Gasteiger partial charge in [0.15, 0.2) is 11.5 Å². The molecule has 2 saturated heterocycles. The largest absolute Gasteiger partial charge is 0.486 e. The predicted molar refractivity (Wildman–Crippen MR) is 102 cm³/mol. The van der Waals surface area contributed by atoms with Crippen molar-refractivity contribution in [1.82, 2.24) is 10.2 Å². The van der Waals surface area contributed by atoms with Crippen molar-refractivity contribution in [1.29, 1.82) is 0 Å². The van der Waals surface area contributed by atoms with Crippen LogP contribution < -0.4 is 14.8 Å². The molecule has 140 valence electrons. The summed E-state index contributed by atoms with van der Waals surface area (Å²) in [6.07, 6.45) is 1.33. The standard InChI is InChI=1S/C18H21BrN2O4S/c1-10(11-7-14-15(8-12(11)19)25-6-5-24-14)20-17(23)13-9-26-18(2)4-3-16(22)21(13)18/h7-8,10,13H,3-6,9H2,1-2H3,(H,20,23). The van der Waals surface area contributed by atoms with Gasteiger partial charge in [0.2, 0.25) is 11.8 Å². The second kappa shape index (κ2) is 6.64. The normalized spacial score (nSPS) is 28.0. The molecular formula is C18H21BrN2O4S. The van der Waals surface area contributed by atoms with E-state index in [4.69, 9.17) is 9.47 Å². The highest BCUT2D eigenvalue weighted by Gasteiger charge is 2.53. The maximum absolute atomic E-state index is 12.9. The Hall–Kier alpha value is -1.41. The Bertz CT molecular complexity index is 774. The Balaban J connectivity index is 1.51. The summed E-state index contributed by atoms with van der Waals surface area (Å²) in [6.45, 7) is 5.04. The van der Waals surface area contributed by atoms with E-state index in [0.717, 1.165) is 16.5 Å². The Labute approximate surface area is 165 Å². The zero-order valence-corrected chi connectivity index (χ0v) is 17.1. The van der Waals surface area contributed by atoms with Crippen LogP contribution in [0, 0.1) is 0 Å². The molecule has 3 aliphatic heterocycles. The van der Waals surface area contributed by atoms with E-state index < -0.39 is 6.04 Å². The third-order valence-corrected chi connectivity index (χ3v) is 7.43. The molecular weight excluding hydrogens is 420 g/mol. The topological polar surface area (TPSA) is 67.9 Å². The van der Waals surface area contributed by atoms with E-state index in [-0.39, 0.29) is 22.7 Å². The molecule has 0 radical (unpaired) electrons. The van der Waals surface area contributed by atoms with Crippen LogP contribution in [0.2, 0.25) is 0 Å². The average Bonchev–Trinajstić information content (AvgIpc) is 3.10. The highest BCUT2D eigenvalue weighted by atomic mass is 79.9. The fourth-order valence-corrected chi connectivity index (χ4v) is 5.91. The zero-order chi connectivity index (χ0) is 18.5. The molecule has 26 heavy (non-hydrogen) atoms. The van der Waals surface area contributed by atoms with Gasteiger partial charge in [-0.25, -0.2) is 0 Å². The molecule has 0 aliphatic carbocycles. The van der Waals surface area contributed by atoms with E-state index in [2.05, 4.69) is 28.2 Å². The summed E-state index contributed by atoms with van der Waals surface area (Å²) in [6, 6.07) is 3.15. The first-order chi connectivity index (χ1) is 12.4. The fraction of sp³-hybridized carbons (Fsp3) is 0.556. The van der Waals surface area contributed by atoms with Crippen molar-refractivity contribution in [3.05, 3.63) is 22.2 Å². The van der Waals surface area contributed by atoms with E-state index in [0.29, 0.717) is 36.9 Å². The van der Waals surface area contributed by atoms with E-state index in [1.165, 1.54) is 0 Å². The number of fused-ring (bicyclic) bond motifs is 2. The summed E-state index contributed by atoms with van der Waals surface area (Å²) >= 11 is 5.26. The number of carbonyl (C=O) groups is 2. The maximum Gasteiger partial charge on any atom is 0.244 e. The Morgan fingerprint density at radius 2 is 2.08 bits per heavy atom. The summed E-state index contributed by atoms with van der Waals surface area (Å²) in [7, 11) is 0. The second-order valence-corrected chi connectivity index (χ2v) is 9.37. The lowest BCUT2D eigenvalue weighted by molar-refractivity contribution is -0.138. The number of ether oxygens (including phenoxy) is 2. The van der Waals surface area contributed by atoms with Crippen molar-refractivity contribution < 1.29 is 19.1 Å². The van der Waals surface area contributed by atoms with Crippen molar-refractivity contribution in [2.24, 2.45) is 0 Å². The Morgan fingerprint density at radius 1 is 1.38 bits per heavy atom. The van der Waals surface area contributed by atoms with Crippen LogP contribution in [0.15, 0.2) is 16.6 Å². The number of nitrogens with one attached hydrogen (secondary N) is 1. The summed E-state index contributed by atoms with van der Waals surface area (Å²) < 4.78 is 12.1. The van der Waals surface area contributed by atoms with Gasteiger partial charge in [0.1, 0.15) is 19.3 Å². The maximum atomic E-state index is 12.9. The van der Waals surface area contributed by atoms with Gasteiger partial charge in [-0.1, -0.05) is 15.9 Å². The van der Waals surface area contributed by atoms with E-state index in [1.807, 2.05) is 19.1 Å². The van der Waals surface area contributed by atoms with Gasteiger partial charge in [0.25, 0.3) is 0 Å². The van der Waals surface area contributed by atoms with Crippen molar-refractivity contribution in [3.63, 3.8) is 0 Å². The third kappa shape index (κ3) is 2.97. The first-order valence-corrected chi connectivity index (χ1v) is 10.5. The van der Waals surface area contributed by atoms with Crippen LogP contribution in [0.25, 0.3) is 0 Å². The van der Waals surface area contributed by atoms with Crippen LogP contribution in [0.5, 0.6) is 11.5 Å². The average molecular weight is 441 g/mol. The number of amides is 2. The van der Waals surface area contributed by atoms with Gasteiger partial charge in [-0.15, -0.1) is 11.8 Å². The lowest BCUT2D eigenvalue weighted by atomic mass is 10.1. The number of rotatable bonds is 3. The molecule has 4 rings (SSSR count). The first-order valence-electron chi connectivity index (χ1n) is 8.74. The quantitative estimate of drug-likeness (QED) is 0.782. The molecule has 3 unspecified atom stereocenters. The monoisotopic (exact) mass is 440 g/mol.